The number of ether oxygens (including phenoxy) is 1. The van der Waals surface area contributed by atoms with Crippen LogP contribution in [0.2, 0.25) is 0 Å². The Labute approximate surface area is 189 Å². The second-order valence-electron chi connectivity index (χ2n) is 7.87. The lowest BCUT2D eigenvalue weighted by Crippen LogP contribution is -2.20. The summed E-state index contributed by atoms with van der Waals surface area (Å²) in [7, 11) is 0. The van der Waals surface area contributed by atoms with Crippen molar-refractivity contribution in [3.8, 4) is 0 Å². The molecule has 0 aliphatic heterocycles. The number of rotatable bonds is 7. The van der Waals surface area contributed by atoms with Gasteiger partial charge >= 0.3 is 5.97 Å². The molecule has 0 amide bonds. The van der Waals surface area contributed by atoms with Crippen molar-refractivity contribution in [2.75, 3.05) is 0 Å². The van der Waals surface area contributed by atoms with Gasteiger partial charge in [0.15, 0.2) is 0 Å². The first-order chi connectivity index (χ1) is 15.4. The highest BCUT2D eigenvalue weighted by Crippen LogP contribution is 2.36. The van der Waals surface area contributed by atoms with Crippen molar-refractivity contribution in [1.29, 1.82) is 0 Å². The summed E-state index contributed by atoms with van der Waals surface area (Å²) in [5.74, 6) is -1.32. The number of esters is 1. The maximum absolute atomic E-state index is 13.6. The van der Waals surface area contributed by atoms with Gasteiger partial charge in [0.1, 0.15) is 18.1 Å². The van der Waals surface area contributed by atoms with Crippen LogP contribution in [0.4, 0.5) is 4.39 Å². The Bertz CT molecular complexity index is 1270. The molecule has 0 aliphatic carbocycles. The van der Waals surface area contributed by atoms with Crippen molar-refractivity contribution in [3.63, 3.8) is 0 Å². The normalized spacial score (nSPS) is 12.1. The van der Waals surface area contributed by atoms with Gasteiger partial charge in [-0.1, -0.05) is 50.2 Å². The molecule has 0 spiro atoms. The Morgan fingerprint density at radius 2 is 1.78 bits per heavy atom. The van der Waals surface area contributed by atoms with E-state index in [-0.39, 0.29) is 30.1 Å². The molecule has 0 saturated carbocycles. The molecule has 32 heavy (non-hydrogen) atoms. The molecular formula is C26H22FNO3S. The van der Waals surface area contributed by atoms with Gasteiger partial charge in [-0.25, -0.2) is 9.37 Å². The average molecular weight is 448 g/mol. The van der Waals surface area contributed by atoms with Gasteiger partial charge in [0.25, 0.3) is 0 Å². The van der Waals surface area contributed by atoms with Crippen LogP contribution in [0.3, 0.4) is 0 Å². The third-order valence-electron chi connectivity index (χ3n) is 5.16. The lowest BCUT2D eigenvalue weighted by Gasteiger charge is -2.18. The minimum Gasteiger partial charge on any atom is -0.459 e. The summed E-state index contributed by atoms with van der Waals surface area (Å²) in [5, 5.41) is 0.775. The zero-order chi connectivity index (χ0) is 22.7. The SMILES string of the molecule is CC(C)C(C(=O)OCc1cccc(C(=O)c2ccccc2)n1)c1cc2cc(F)ccc2s1. The number of thiophene rings is 1. The zero-order valence-corrected chi connectivity index (χ0v) is 18.6. The van der Waals surface area contributed by atoms with Crippen LogP contribution in [-0.4, -0.2) is 16.7 Å². The Kier molecular flexibility index (Phi) is 6.42. The predicted octanol–water partition coefficient (Wildman–Crippen LogP) is 6.15. The highest BCUT2D eigenvalue weighted by Gasteiger charge is 2.28. The van der Waals surface area contributed by atoms with Crippen molar-refractivity contribution in [1.82, 2.24) is 4.98 Å². The Morgan fingerprint density at radius 3 is 2.53 bits per heavy atom. The molecule has 1 atom stereocenters. The smallest absolute Gasteiger partial charge is 0.314 e. The van der Waals surface area contributed by atoms with Crippen molar-refractivity contribution in [2.45, 2.75) is 26.4 Å². The Morgan fingerprint density at radius 1 is 1.00 bits per heavy atom. The monoisotopic (exact) mass is 447 g/mol. The fourth-order valence-electron chi connectivity index (χ4n) is 3.56. The summed E-state index contributed by atoms with van der Waals surface area (Å²) < 4.78 is 20.1. The summed E-state index contributed by atoms with van der Waals surface area (Å²) in [6, 6.07) is 20.5. The highest BCUT2D eigenvalue weighted by molar-refractivity contribution is 7.19. The quantitative estimate of drug-likeness (QED) is 0.252. The Balaban J connectivity index is 1.49. The van der Waals surface area contributed by atoms with Crippen molar-refractivity contribution < 1.29 is 18.7 Å². The van der Waals surface area contributed by atoms with E-state index in [1.165, 1.54) is 23.5 Å². The van der Waals surface area contributed by atoms with Gasteiger partial charge in [0.05, 0.1) is 11.6 Å². The number of fused-ring (bicyclic) bond motifs is 1. The summed E-state index contributed by atoms with van der Waals surface area (Å²) in [6.45, 7) is 3.88. The van der Waals surface area contributed by atoms with Gasteiger partial charge < -0.3 is 4.74 Å². The van der Waals surface area contributed by atoms with Crippen LogP contribution in [0.5, 0.6) is 0 Å². The van der Waals surface area contributed by atoms with E-state index >= 15 is 0 Å². The molecule has 0 bridgehead atoms. The van der Waals surface area contributed by atoms with Gasteiger partial charge in [-0.3, -0.25) is 9.59 Å². The number of aromatic nitrogens is 1. The molecule has 4 aromatic rings. The molecule has 0 fully saturated rings. The van der Waals surface area contributed by atoms with Gasteiger partial charge in [0.2, 0.25) is 5.78 Å². The minimum absolute atomic E-state index is 0.000592. The number of pyridine rings is 1. The number of carbonyl (C=O) groups is 2. The topological polar surface area (TPSA) is 56.3 Å². The van der Waals surface area contributed by atoms with E-state index in [1.807, 2.05) is 26.0 Å². The second kappa shape index (κ2) is 9.40. The molecule has 162 valence electrons. The molecule has 1 unspecified atom stereocenters. The Hall–Kier alpha value is -3.38. The minimum atomic E-state index is -0.468. The number of hydrogen-bond donors (Lipinski definition) is 0. The number of ketones is 1. The van der Waals surface area contributed by atoms with E-state index in [9.17, 15) is 14.0 Å². The van der Waals surface area contributed by atoms with E-state index in [0.29, 0.717) is 17.0 Å². The molecule has 2 aromatic carbocycles. The number of hydrogen-bond acceptors (Lipinski definition) is 5. The molecule has 6 heteroatoms. The van der Waals surface area contributed by atoms with E-state index in [2.05, 4.69) is 4.98 Å². The maximum atomic E-state index is 13.6. The van der Waals surface area contributed by atoms with Gasteiger partial charge in [-0.05, 0) is 47.7 Å². The first-order valence-electron chi connectivity index (χ1n) is 10.3. The van der Waals surface area contributed by atoms with Crippen LogP contribution in [0.15, 0.2) is 72.8 Å². The largest absolute Gasteiger partial charge is 0.459 e. The lowest BCUT2D eigenvalue weighted by molar-refractivity contribution is -0.148. The molecule has 2 aromatic heterocycles. The summed E-state index contributed by atoms with van der Waals surface area (Å²) in [4.78, 5) is 30.8. The van der Waals surface area contributed by atoms with Crippen LogP contribution < -0.4 is 0 Å². The van der Waals surface area contributed by atoms with Crippen LogP contribution in [0, 0.1) is 11.7 Å². The number of nitrogens with zero attached hydrogens (tertiary/aromatic N) is 1. The third kappa shape index (κ3) is 4.75. The van der Waals surface area contributed by atoms with Crippen molar-refractivity contribution >= 4 is 33.2 Å². The molecular weight excluding hydrogens is 425 g/mol. The standard InChI is InChI=1S/C26H22FNO3S/c1-16(2)24(23-14-18-13-19(27)11-12-22(18)32-23)26(30)31-15-20-9-6-10-21(28-20)25(29)17-7-4-3-5-8-17/h3-14,16,24H,15H2,1-2H3. The number of carbonyl (C=O) groups excluding carboxylic acids is 2. The molecule has 0 radical (unpaired) electrons. The van der Waals surface area contributed by atoms with Gasteiger partial charge in [0, 0.05) is 15.1 Å². The van der Waals surface area contributed by atoms with Crippen molar-refractivity contribution in [3.05, 3.63) is 100 Å². The summed E-state index contributed by atoms with van der Waals surface area (Å²) >= 11 is 1.47. The first-order valence-corrected chi connectivity index (χ1v) is 11.2. The van der Waals surface area contributed by atoms with Crippen LogP contribution in [0.25, 0.3) is 10.1 Å². The van der Waals surface area contributed by atoms with Crippen LogP contribution in [0.1, 0.15) is 46.4 Å². The lowest BCUT2D eigenvalue weighted by atomic mass is 9.94. The first kappa shape index (κ1) is 21.8. The third-order valence-corrected chi connectivity index (χ3v) is 6.36. The molecule has 2 heterocycles. The fraction of sp³-hybridized carbons (Fsp3) is 0.192. The molecule has 0 N–H and O–H groups in total. The molecule has 4 rings (SSSR count). The molecule has 4 nitrogen and oxygen atoms in total. The average Bonchev–Trinajstić information content (AvgIpc) is 3.20. The summed E-state index contributed by atoms with van der Waals surface area (Å²) in [5.41, 5.74) is 1.35. The van der Waals surface area contributed by atoms with E-state index in [0.717, 1.165) is 15.0 Å². The number of halogens is 1. The number of benzene rings is 2. The highest BCUT2D eigenvalue weighted by atomic mass is 32.1. The second-order valence-corrected chi connectivity index (χ2v) is 8.98. The van der Waals surface area contributed by atoms with Crippen LogP contribution in [-0.2, 0) is 16.1 Å². The van der Waals surface area contributed by atoms with Gasteiger partial charge in [-0.15, -0.1) is 11.3 Å². The summed E-state index contributed by atoms with van der Waals surface area (Å²) in [6.07, 6.45) is 0. The maximum Gasteiger partial charge on any atom is 0.314 e. The zero-order valence-electron chi connectivity index (χ0n) is 17.7. The van der Waals surface area contributed by atoms with Crippen LogP contribution >= 0.6 is 11.3 Å². The van der Waals surface area contributed by atoms with E-state index < -0.39 is 5.92 Å². The molecule has 0 saturated heterocycles. The van der Waals surface area contributed by atoms with E-state index in [4.69, 9.17) is 4.74 Å². The predicted molar refractivity (Wildman–Crippen MR) is 123 cm³/mol. The fourth-order valence-corrected chi connectivity index (χ4v) is 4.87. The molecule has 0 aliphatic rings. The van der Waals surface area contributed by atoms with Crippen molar-refractivity contribution in [2.24, 2.45) is 5.92 Å². The van der Waals surface area contributed by atoms with E-state index in [1.54, 1.807) is 48.5 Å². The van der Waals surface area contributed by atoms with Gasteiger partial charge in [-0.2, -0.15) is 0 Å².